The van der Waals surface area contributed by atoms with Gasteiger partial charge in [0.2, 0.25) is 5.91 Å². The predicted octanol–water partition coefficient (Wildman–Crippen LogP) is 3.95. The normalized spacial score (nSPS) is 13.4. The Morgan fingerprint density at radius 2 is 1.50 bits per heavy atom. The number of rotatable bonds is 3. The lowest BCUT2D eigenvalue weighted by molar-refractivity contribution is -0.119. The SMILES string of the molecule is Cn1nc(-c2ccc(NC(=O)C3Cc4ccccc4C3)cc2)c2ccccc2c1=O. The van der Waals surface area contributed by atoms with Gasteiger partial charge in [-0.1, -0.05) is 54.6 Å². The van der Waals surface area contributed by atoms with Crippen LogP contribution in [0.4, 0.5) is 5.69 Å². The Kier molecular flexibility index (Phi) is 4.43. The Labute approximate surface area is 174 Å². The molecule has 1 aliphatic carbocycles. The number of nitrogens with one attached hydrogen (secondary N) is 1. The molecule has 1 N–H and O–H groups in total. The van der Waals surface area contributed by atoms with E-state index in [-0.39, 0.29) is 17.4 Å². The molecule has 0 unspecified atom stereocenters. The fourth-order valence-corrected chi connectivity index (χ4v) is 4.21. The van der Waals surface area contributed by atoms with Gasteiger partial charge in [-0.3, -0.25) is 9.59 Å². The summed E-state index contributed by atoms with van der Waals surface area (Å²) in [6.07, 6.45) is 1.57. The van der Waals surface area contributed by atoms with E-state index < -0.39 is 0 Å². The fourth-order valence-electron chi connectivity index (χ4n) is 4.21. The van der Waals surface area contributed by atoms with Crippen molar-refractivity contribution in [1.29, 1.82) is 0 Å². The molecule has 0 bridgehead atoms. The first-order valence-electron chi connectivity index (χ1n) is 10.0. The molecule has 1 aliphatic rings. The van der Waals surface area contributed by atoms with E-state index in [9.17, 15) is 9.59 Å². The van der Waals surface area contributed by atoms with E-state index in [1.807, 2.05) is 60.7 Å². The molecule has 0 spiro atoms. The summed E-state index contributed by atoms with van der Waals surface area (Å²) in [5.74, 6) is 0.0148. The highest BCUT2D eigenvalue weighted by Gasteiger charge is 2.27. The van der Waals surface area contributed by atoms with Crippen molar-refractivity contribution in [3.05, 3.63) is 94.3 Å². The van der Waals surface area contributed by atoms with E-state index in [0.29, 0.717) is 5.39 Å². The summed E-state index contributed by atoms with van der Waals surface area (Å²) in [6.45, 7) is 0. The number of amides is 1. The summed E-state index contributed by atoms with van der Waals surface area (Å²) in [4.78, 5) is 25.1. The van der Waals surface area contributed by atoms with Gasteiger partial charge >= 0.3 is 0 Å². The van der Waals surface area contributed by atoms with Gasteiger partial charge in [-0.05, 0) is 42.2 Å². The van der Waals surface area contributed by atoms with Gasteiger partial charge in [0.25, 0.3) is 5.56 Å². The smallest absolute Gasteiger partial charge is 0.274 e. The summed E-state index contributed by atoms with van der Waals surface area (Å²) >= 11 is 0. The average molecular weight is 395 g/mol. The van der Waals surface area contributed by atoms with Crippen LogP contribution in [0.1, 0.15) is 11.1 Å². The average Bonchev–Trinajstić information content (AvgIpc) is 3.21. The largest absolute Gasteiger partial charge is 0.326 e. The van der Waals surface area contributed by atoms with Crippen molar-refractivity contribution in [2.75, 3.05) is 5.32 Å². The topological polar surface area (TPSA) is 64.0 Å². The highest BCUT2D eigenvalue weighted by molar-refractivity contribution is 5.95. The molecular weight excluding hydrogens is 374 g/mol. The highest BCUT2D eigenvalue weighted by atomic mass is 16.2. The molecule has 5 nitrogen and oxygen atoms in total. The van der Waals surface area contributed by atoms with Crippen LogP contribution in [0.3, 0.4) is 0 Å². The summed E-state index contributed by atoms with van der Waals surface area (Å²) < 4.78 is 1.37. The van der Waals surface area contributed by atoms with Crippen LogP contribution in [0.2, 0.25) is 0 Å². The molecule has 0 radical (unpaired) electrons. The minimum atomic E-state index is -0.115. The number of benzene rings is 3. The van der Waals surface area contributed by atoms with Crippen LogP contribution in [0.15, 0.2) is 77.6 Å². The Morgan fingerprint density at radius 3 is 2.17 bits per heavy atom. The van der Waals surface area contributed by atoms with Crippen LogP contribution < -0.4 is 10.9 Å². The third kappa shape index (κ3) is 3.18. The number of aryl methyl sites for hydroxylation is 1. The predicted molar refractivity (Wildman–Crippen MR) is 118 cm³/mol. The fraction of sp³-hybridized carbons (Fsp3) is 0.160. The third-order valence-corrected chi connectivity index (χ3v) is 5.80. The van der Waals surface area contributed by atoms with Gasteiger partial charge in [-0.15, -0.1) is 0 Å². The minimum absolute atomic E-state index is 0.0312. The standard InChI is InChI=1S/C25H21N3O2/c1-28-25(30)22-9-5-4-8-21(22)23(27-28)16-10-12-20(13-11-16)26-24(29)19-14-17-6-2-3-7-18(17)15-19/h2-13,19H,14-15H2,1H3,(H,26,29). The number of nitrogens with zero attached hydrogens (tertiary/aromatic N) is 2. The van der Waals surface area contributed by atoms with Crippen LogP contribution in [0, 0.1) is 5.92 Å². The van der Waals surface area contributed by atoms with Gasteiger partial charge < -0.3 is 5.32 Å². The first-order chi connectivity index (χ1) is 14.6. The Balaban J connectivity index is 1.38. The van der Waals surface area contributed by atoms with Crippen molar-refractivity contribution >= 4 is 22.4 Å². The van der Waals surface area contributed by atoms with Gasteiger partial charge in [0.15, 0.2) is 0 Å². The molecule has 0 saturated carbocycles. The van der Waals surface area contributed by atoms with Gasteiger partial charge in [0.1, 0.15) is 0 Å². The molecule has 148 valence electrons. The van der Waals surface area contributed by atoms with Crippen molar-refractivity contribution in [3.8, 4) is 11.3 Å². The van der Waals surface area contributed by atoms with Crippen molar-refractivity contribution in [3.63, 3.8) is 0 Å². The van der Waals surface area contributed by atoms with Crippen LogP contribution >= 0.6 is 0 Å². The molecule has 5 heteroatoms. The number of carbonyl (C=O) groups is 1. The summed E-state index contributed by atoms with van der Waals surface area (Å²) in [6, 6.07) is 23.4. The van der Waals surface area contributed by atoms with Crippen molar-refractivity contribution < 1.29 is 4.79 Å². The molecule has 3 aromatic carbocycles. The summed E-state index contributed by atoms with van der Waals surface area (Å²) in [5.41, 5.74) is 4.82. The lowest BCUT2D eigenvalue weighted by Gasteiger charge is -2.12. The molecule has 0 fully saturated rings. The Morgan fingerprint density at radius 1 is 0.900 bits per heavy atom. The number of hydrogen-bond donors (Lipinski definition) is 1. The van der Waals surface area contributed by atoms with Gasteiger partial charge in [0, 0.05) is 29.6 Å². The van der Waals surface area contributed by atoms with Gasteiger partial charge in [-0.2, -0.15) is 5.10 Å². The minimum Gasteiger partial charge on any atom is -0.326 e. The molecule has 1 aromatic heterocycles. The van der Waals surface area contributed by atoms with E-state index in [2.05, 4.69) is 22.5 Å². The number of anilines is 1. The monoisotopic (exact) mass is 395 g/mol. The van der Waals surface area contributed by atoms with E-state index in [1.165, 1.54) is 15.8 Å². The molecule has 30 heavy (non-hydrogen) atoms. The molecule has 4 aromatic rings. The van der Waals surface area contributed by atoms with Crippen LogP contribution in [0.25, 0.3) is 22.0 Å². The maximum absolute atomic E-state index is 12.7. The quantitative estimate of drug-likeness (QED) is 0.571. The van der Waals surface area contributed by atoms with Crippen LogP contribution in [-0.4, -0.2) is 15.7 Å². The first-order valence-corrected chi connectivity index (χ1v) is 10.0. The molecule has 0 aliphatic heterocycles. The number of fused-ring (bicyclic) bond motifs is 2. The van der Waals surface area contributed by atoms with E-state index in [4.69, 9.17) is 0 Å². The van der Waals surface area contributed by atoms with Crippen molar-refractivity contribution in [1.82, 2.24) is 9.78 Å². The van der Waals surface area contributed by atoms with Crippen molar-refractivity contribution in [2.45, 2.75) is 12.8 Å². The number of hydrogen-bond acceptors (Lipinski definition) is 3. The molecule has 5 rings (SSSR count). The lowest BCUT2D eigenvalue weighted by atomic mass is 10.0. The molecule has 1 amide bonds. The Hall–Kier alpha value is -3.73. The van der Waals surface area contributed by atoms with Crippen molar-refractivity contribution in [2.24, 2.45) is 13.0 Å². The number of aromatic nitrogens is 2. The maximum Gasteiger partial charge on any atom is 0.274 e. The zero-order chi connectivity index (χ0) is 20.7. The van der Waals surface area contributed by atoms with E-state index in [0.717, 1.165) is 35.2 Å². The second-order valence-corrected chi connectivity index (χ2v) is 7.76. The highest BCUT2D eigenvalue weighted by Crippen LogP contribution is 2.29. The third-order valence-electron chi connectivity index (χ3n) is 5.80. The second-order valence-electron chi connectivity index (χ2n) is 7.76. The van der Waals surface area contributed by atoms with Crippen LogP contribution in [0.5, 0.6) is 0 Å². The maximum atomic E-state index is 12.7. The molecular formula is C25H21N3O2. The lowest BCUT2D eigenvalue weighted by Crippen LogP contribution is -2.23. The zero-order valence-corrected chi connectivity index (χ0v) is 16.6. The molecule has 0 atom stereocenters. The second kappa shape index (κ2) is 7.26. The van der Waals surface area contributed by atoms with Gasteiger partial charge in [-0.25, -0.2) is 4.68 Å². The molecule has 1 heterocycles. The molecule has 0 saturated heterocycles. The first kappa shape index (κ1) is 18.3. The number of carbonyl (C=O) groups excluding carboxylic acids is 1. The van der Waals surface area contributed by atoms with E-state index >= 15 is 0 Å². The van der Waals surface area contributed by atoms with E-state index in [1.54, 1.807) is 7.05 Å². The Bertz CT molecular complexity index is 1300. The van der Waals surface area contributed by atoms with Gasteiger partial charge in [0.05, 0.1) is 11.1 Å². The van der Waals surface area contributed by atoms with Crippen LogP contribution in [-0.2, 0) is 24.7 Å². The summed E-state index contributed by atoms with van der Waals surface area (Å²) in [5, 5.41) is 8.97. The summed E-state index contributed by atoms with van der Waals surface area (Å²) in [7, 11) is 1.66. The zero-order valence-electron chi connectivity index (χ0n) is 16.6.